The van der Waals surface area contributed by atoms with E-state index in [-0.39, 0.29) is 36.0 Å². The van der Waals surface area contributed by atoms with Gasteiger partial charge in [0.1, 0.15) is 9.79 Å². The molecule has 0 bridgehead atoms. The molecule has 148 valence electrons. The summed E-state index contributed by atoms with van der Waals surface area (Å²) in [4.78, 5) is 4.18. The van der Waals surface area contributed by atoms with Gasteiger partial charge in [0.2, 0.25) is 20.0 Å². The van der Waals surface area contributed by atoms with E-state index in [2.05, 4.69) is 10.1 Å². The Hall–Kier alpha value is -1.82. The van der Waals surface area contributed by atoms with E-state index < -0.39 is 20.0 Å². The van der Waals surface area contributed by atoms with Gasteiger partial charge in [-0.3, -0.25) is 9.67 Å². The van der Waals surface area contributed by atoms with Crippen LogP contribution in [0.3, 0.4) is 0 Å². The topological polar surface area (TPSA) is 105 Å². The van der Waals surface area contributed by atoms with Gasteiger partial charge in [0.05, 0.1) is 11.4 Å². The van der Waals surface area contributed by atoms with Crippen LogP contribution in [0.4, 0.5) is 0 Å². The molecule has 0 N–H and O–H groups in total. The molecular weight excluding hydrogens is 390 g/mol. The Morgan fingerprint density at radius 2 is 1.59 bits per heavy atom. The van der Waals surface area contributed by atoms with E-state index in [0.717, 1.165) is 0 Å². The fraction of sp³-hybridized carbons (Fsp3) is 0.500. The smallest absolute Gasteiger partial charge is 0.246 e. The summed E-state index contributed by atoms with van der Waals surface area (Å²) < 4.78 is 56.0. The molecule has 27 heavy (non-hydrogen) atoms. The van der Waals surface area contributed by atoms with Crippen molar-refractivity contribution in [2.45, 2.75) is 30.1 Å². The maximum Gasteiger partial charge on any atom is 0.246 e. The summed E-state index contributed by atoms with van der Waals surface area (Å²) in [5.74, 6) is 0. The molecule has 0 atom stereocenters. The van der Waals surface area contributed by atoms with Crippen molar-refractivity contribution in [1.29, 1.82) is 0 Å². The second-order valence-electron chi connectivity index (χ2n) is 6.47. The van der Waals surface area contributed by atoms with Crippen molar-refractivity contribution in [2.75, 3.05) is 26.2 Å². The number of rotatable bonds is 4. The summed E-state index contributed by atoms with van der Waals surface area (Å²) in [7, 11) is -5.74. The highest BCUT2D eigenvalue weighted by molar-refractivity contribution is 7.89. The minimum Gasteiger partial charge on any atom is -0.271 e. The Balaban J connectivity index is 1.85. The third-order valence-electron chi connectivity index (χ3n) is 4.73. The van der Waals surface area contributed by atoms with E-state index >= 15 is 0 Å². The molecule has 11 heteroatoms. The van der Waals surface area contributed by atoms with Crippen molar-refractivity contribution >= 4 is 20.0 Å². The molecule has 0 radical (unpaired) electrons. The molecule has 0 amide bonds. The summed E-state index contributed by atoms with van der Waals surface area (Å²) in [6, 6.07) is 3.06. The van der Waals surface area contributed by atoms with E-state index in [1.54, 1.807) is 31.6 Å². The normalized spacial score (nSPS) is 17.7. The second kappa shape index (κ2) is 7.30. The lowest BCUT2D eigenvalue weighted by Gasteiger charge is -2.21. The predicted octanol–water partition coefficient (Wildman–Crippen LogP) is 0.517. The summed E-state index contributed by atoms with van der Waals surface area (Å²) in [6.45, 7) is 4.08. The number of pyridine rings is 1. The Kier molecular flexibility index (Phi) is 5.39. The van der Waals surface area contributed by atoms with E-state index in [9.17, 15) is 16.8 Å². The summed E-state index contributed by atoms with van der Waals surface area (Å²) in [6.07, 6.45) is 3.22. The van der Waals surface area contributed by atoms with Crippen LogP contribution in [0.15, 0.2) is 34.3 Å². The quantitative estimate of drug-likeness (QED) is 0.723. The van der Waals surface area contributed by atoms with Gasteiger partial charge in [-0.25, -0.2) is 16.8 Å². The van der Waals surface area contributed by atoms with Crippen LogP contribution < -0.4 is 0 Å². The van der Waals surface area contributed by atoms with Crippen molar-refractivity contribution in [3.05, 3.63) is 35.9 Å². The predicted molar refractivity (Wildman–Crippen MR) is 99.1 cm³/mol. The largest absolute Gasteiger partial charge is 0.271 e. The molecule has 0 aliphatic carbocycles. The number of sulfonamides is 2. The van der Waals surface area contributed by atoms with Gasteiger partial charge in [0.15, 0.2) is 0 Å². The van der Waals surface area contributed by atoms with E-state index in [4.69, 9.17) is 0 Å². The molecule has 0 unspecified atom stereocenters. The van der Waals surface area contributed by atoms with E-state index in [1.807, 2.05) is 0 Å². The lowest BCUT2D eigenvalue weighted by atomic mass is 10.4. The molecule has 1 aliphatic rings. The molecule has 0 spiro atoms. The molecule has 2 aromatic rings. The van der Waals surface area contributed by atoms with Gasteiger partial charge < -0.3 is 0 Å². The number of hydrogen-bond acceptors (Lipinski definition) is 6. The Morgan fingerprint density at radius 3 is 2.11 bits per heavy atom. The maximum atomic E-state index is 13.1. The fourth-order valence-electron chi connectivity index (χ4n) is 3.26. The number of aryl methyl sites for hydroxylation is 2. The summed E-state index contributed by atoms with van der Waals surface area (Å²) in [5.41, 5.74) is 1.01. The molecule has 1 fully saturated rings. The SMILES string of the molecule is Cc1nn(C)c(C)c1S(=O)(=O)N1CCCN(S(=O)(=O)c2cccnc2)CC1. The first-order valence-electron chi connectivity index (χ1n) is 8.56. The zero-order chi connectivity index (χ0) is 19.8. The van der Waals surface area contributed by atoms with Gasteiger partial charge in [-0.05, 0) is 32.4 Å². The number of nitrogens with zero attached hydrogens (tertiary/aromatic N) is 5. The van der Waals surface area contributed by atoms with Gasteiger partial charge in [-0.1, -0.05) is 0 Å². The summed E-state index contributed by atoms with van der Waals surface area (Å²) >= 11 is 0. The second-order valence-corrected chi connectivity index (χ2v) is 10.3. The van der Waals surface area contributed by atoms with Gasteiger partial charge in [0.25, 0.3) is 0 Å². The van der Waals surface area contributed by atoms with Gasteiger partial charge in [-0.2, -0.15) is 13.7 Å². The highest BCUT2D eigenvalue weighted by atomic mass is 32.2. The average Bonchev–Trinajstić information content (AvgIpc) is 2.82. The van der Waals surface area contributed by atoms with Crippen LogP contribution in [0.1, 0.15) is 17.8 Å². The monoisotopic (exact) mass is 413 g/mol. The number of aromatic nitrogens is 3. The molecule has 3 heterocycles. The molecule has 9 nitrogen and oxygen atoms in total. The highest BCUT2D eigenvalue weighted by Crippen LogP contribution is 2.25. The molecule has 3 rings (SSSR count). The Morgan fingerprint density at radius 1 is 0.963 bits per heavy atom. The van der Waals surface area contributed by atoms with Crippen LogP contribution in [0.5, 0.6) is 0 Å². The average molecular weight is 414 g/mol. The van der Waals surface area contributed by atoms with Gasteiger partial charge in [-0.15, -0.1) is 0 Å². The molecule has 1 saturated heterocycles. The van der Waals surface area contributed by atoms with Crippen molar-refractivity contribution < 1.29 is 16.8 Å². The molecule has 1 aliphatic heterocycles. The molecular formula is C16H23N5O4S2. The van der Waals surface area contributed by atoms with Gasteiger partial charge >= 0.3 is 0 Å². The first-order valence-corrected chi connectivity index (χ1v) is 11.4. The third-order valence-corrected chi connectivity index (χ3v) is 8.76. The lowest BCUT2D eigenvalue weighted by molar-refractivity contribution is 0.404. The Bertz CT molecular complexity index is 1030. The zero-order valence-electron chi connectivity index (χ0n) is 15.5. The lowest BCUT2D eigenvalue weighted by Crippen LogP contribution is -2.37. The Labute approximate surface area is 159 Å². The number of hydrogen-bond donors (Lipinski definition) is 0. The van der Waals surface area contributed by atoms with Crippen molar-refractivity contribution in [3.8, 4) is 0 Å². The van der Waals surface area contributed by atoms with Crippen LogP contribution in [-0.2, 0) is 27.1 Å². The van der Waals surface area contributed by atoms with E-state index in [1.165, 1.54) is 27.1 Å². The van der Waals surface area contributed by atoms with Crippen molar-refractivity contribution in [3.63, 3.8) is 0 Å². The maximum absolute atomic E-state index is 13.1. The van der Waals surface area contributed by atoms with Crippen molar-refractivity contribution in [1.82, 2.24) is 23.4 Å². The molecule has 2 aromatic heterocycles. The van der Waals surface area contributed by atoms with Crippen molar-refractivity contribution in [2.24, 2.45) is 7.05 Å². The van der Waals surface area contributed by atoms with Crippen LogP contribution in [0.2, 0.25) is 0 Å². The van der Waals surface area contributed by atoms with E-state index in [0.29, 0.717) is 17.8 Å². The molecule has 0 aromatic carbocycles. The van der Waals surface area contributed by atoms with Crippen LogP contribution in [-0.4, -0.2) is 66.4 Å². The fourth-order valence-corrected chi connectivity index (χ4v) is 6.56. The minimum absolute atomic E-state index is 0.0921. The highest BCUT2D eigenvalue weighted by Gasteiger charge is 2.34. The van der Waals surface area contributed by atoms with Crippen LogP contribution in [0, 0.1) is 13.8 Å². The first kappa shape index (κ1) is 19.9. The van der Waals surface area contributed by atoms with Crippen LogP contribution >= 0.6 is 0 Å². The zero-order valence-corrected chi connectivity index (χ0v) is 17.2. The first-order chi connectivity index (χ1) is 12.7. The minimum atomic E-state index is -3.74. The van der Waals surface area contributed by atoms with Gasteiger partial charge in [0, 0.05) is 45.6 Å². The van der Waals surface area contributed by atoms with Crippen LogP contribution in [0.25, 0.3) is 0 Å². The molecule has 0 saturated carbocycles. The standard InChI is InChI=1S/C16H23N5O4S2/c1-13-16(14(2)19(3)18-13)27(24,25)21-9-5-8-20(10-11-21)26(22,23)15-6-4-7-17-12-15/h4,6-7,12H,5,8-11H2,1-3H3. The third kappa shape index (κ3) is 3.64. The summed E-state index contributed by atoms with van der Waals surface area (Å²) in [5, 5.41) is 4.19.